The average Bonchev–Trinajstić information content (AvgIpc) is 2.64. The second-order valence-corrected chi connectivity index (χ2v) is 7.54. The number of aliphatic hydroxyl groups excluding tert-OH is 1. The highest BCUT2D eigenvalue weighted by molar-refractivity contribution is 9.10. The lowest BCUT2D eigenvalue weighted by Gasteiger charge is -2.15. The fourth-order valence-electron chi connectivity index (χ4n) is 2.47. The van der Waals surface area contributed by atoms with E-state index >= 15 is 0 Å². The fourth-order valence-corrected chi connectivity index (χ4v) is 3.20. The van der Waals surface area contributed by atoms with Crippen molar-refractivity contribution < 1.29 is 14.6 Å². The fraction of sp³-hybridized carbons (Fsp3) is 0.400. The number of halogens is 2. The smallest absolute Gasteiger partial charge is 0.175 e. The van der Waals surface area contributed by atoms with Gasteiger partial charge in [0.2, 0.25) is 0 Å². The molecule has 0 heterocycles. The van der Waals surface area contributed by atoms with Crippen molar-refractivity contribution >= 4 is 27.5 Å². The zero-order valence-electron chi connectivity index (χ0n) is 15.6. The summed E-state index contributed by atoms with van der Waals surface area (Å²) in [5, 5.41) is 16.5. The molecule has 2 aromatic carbocycles. The number of aliphatic hydroxyl groups is 1. The normalized spacial score (nSPS) is 12.0. The number of ether oxygens (including phenoxy) is 2. The molecule has 0 aliphatic carbocycles. The van der Waals surface area contributed by atoms with Crippen LogP contribution in [0.1, 0.15) is 18.1 Å². The predicted molar refractivity (Wildman–Crippen MR) is 113 cm³/mol. The number of benzene rings is 2. The molecule has 27 heavy (non-hydrogen) atoms. The molecule has 0 bridgehead atoms. The van der Waals surface area contributed by atoms with E-state index in [0.717, 1.165) is 28.7 Å². The molecule has 0 aliphatic rings. The molecule has 0 aliphatic heterocycles. The Balaban J connectivity index is 1.90. The Bertz CT molecular complexity index is 711. The van der Waals surface area contributed by atoms with Crippen molar-refractivity contribution in [2.75, 3.05) is 26.7 Å². The van der Waals surface area contributed by atoms with E-state index in [1.165, 1.54) is 0 Å². The van der Waals surface area contributed by atoms with Gasteiger partial charge in [-0.15, -0.1) is 0 Å². The molecule has 148 valence electrons. The van der Waals surface area contributed by atoms with Crippen molar-refractivity contribution in [1.29, 1.82) is 0 Å². The lowest BCUT2D eigenvalue weighted by molar-refractivity contribution is 0.191. The first kappa shape index (κ1) is 22.0. The Labute approximate surface area is 174 Å². The summed E-state index contributed by atoms with van der Waals surface area (Å²) in [7, 11) is 1.63. The maximum absolute atomic E-state index is 9.21. The van der Waals surface area contributed by atoms with Crippen LogP contribution in [0, 0.1) is 0 Å². The molecule has 0 amide bonds. The van der Waals surface area contributed by atoms with E-state index in [0.29, 0.717) is 36.2 Å². The molecule has 0 fully saturated rings. The third kappa shape index (κ3) is 7.68. The number of hydrogen-bond donors (Lipinski definition) is 3. The van der Waals surface area contributed by atoms with Crippen LogP contribution in [0.15, 0.2) is 40.9 Å². The first-order valence-electron chi connectivity index (χ1n) is 8.82. The highest BCUT2D eigenvalue weighted by atomic mass is 79.9. The van der Waals surface area contributed by atoms with Gasteiger partial charge in [-0.3, -0.25) is 0 Å². The molecule has 1 unspecified atom stereocenters. The van der Waals surface area contributed by atoms with Gasteiger partial charge in [-0.1, -0.05) is 23.7 Å². The number of hydrogen-bond acceptors (Lipinski definition) is 5. The minimum Gasteiger partial charge on any atom is -0.493 e. The monoisotopic (exact) mass is 456 g/mol. The summed E-state index contributed by atoms with van der Waals surface area (Å²) < 4.78 is 12.3. The zero-order valence-corrected chi connectivity index (χ0v) is 17.9. The molecule has 0 spiro atoms. The molecule has 2 aromatic rings. The van der Waals surface area contributed by atoms with Crippen molar-refractivity contribution in [2.45, 2.75) is 26.2 Å². The molecule has 5 nitrogen and oxygen atoms in total. The van der Waals surface area contributed by atoms with E-state index in [1.54, 1.807) is 14.0 Å². The number of nitrogens with one attached hydrogen (secondary N) is 2. The number of methoxy groups -OCH3 is 1. The van der Waals surface area contributed by atoms with Gasteiger partial charge in [0.05, 0.1) is 17.7 Å². The van der Waals surface area contributed by atoms with Crippen molar-refractivity contribution in [2.24, 2.45) is 0 Å². The van der Waals surface area contributed by atoms with E-state index in [2.05, 4.69) is 26.6 Å². The summed E-state index contributed by atoms with van der Waals surface area (Å²) in [6.07, 6.45) is -0.328. The van der Waals surface area contributed by atoms with Gasteiger partial charge in [0, 0.05) is 31.2 Å². The van der Waals surface area contributed by atoms with Gasteiger partial charge in [0.25, 0.3) is 0 Å². The Morgan fingerprint density at radius 2 is 1.81 bits per heavy atom. The molecule has 7 heteroatoms. The molecule has 2 rings (SSSR count). The lowest BCUT2D eigenvalue weighted by atomic mass is 10.2. The molecular formula is C20H26BrClN2O3. The maximum Gasteiger partial charge on any atom is 0.175 e. The Morgan fingerprint density at radius 1 is 1.11 bits per heavy atom. The Hall–Kier alpha value is -1.31. The molecule has 3 N–H and O–H groups in total. The molecule has 1 atom stereocenters. The SMILES string of the molecule is COc1cc(CNCCNCC(C)O)cc(Br)c1OCc1ccc(Cl)cc1. The summed E-state index contributed by atoms with van der Waals surface area (Å²) >= 11 is 9.49. The summed E-state index contributed by atoms with van der Waals surface area (Å²) in [5.74, 6) is 1.36. The van der Waals surface area contributed by atoms with Gasteiger partial charge in [0.1, 0.15) is 6.61 Å². The van der Waals surface area contributed by atoms with E-state index < -0.39 is 0 Å². The topological polar surface area (TPSA) is 62.8 Å². The van der Waals surface area contributed by atoms with Crippen molar-refractivity contribution in [1.82, 2.24) is 10.6 Å². The van der Waals surface area contributed by atoms with Gasteiger partial charge in [-0.05, 0) is 58.2 Å². The minimum atomic E-state index is -0.328. The van der Waals surface area contributed by atoms with Crippen LogP contribution in [-0.2, 0) is 13.2 Å². The lowest BCUT2D eigenvalue weighted by Crippen LogP contribution is -2.31. The molecule has 0 aromatic heterocycles. The highest BCUT2D eigenvalue weighted by Crippen LogP contribution is 2.37. The van der Waals surface area contributed by atoms with Gasteiger partial charge in [-0.2, -0.15) is 0 Å². The molecule has 0 radical (unpaired) electrons. The van der Waals surface area contributed by atoms with Crippen LogP contribution >= 0.6 is 27.5 Å². The molecular weight excluding hydrogens is 432 g/mol. The quantitative estimate of drug-likeness (QED) is 0.449. The average molecular weight is 458 g/mol. The van der Waals surface area contributed by atoms with Crippen molar-refractivity contribution in [3.8, 4) is 11.5 Å². The second kappa shape index (κ2) is 11.5. The van der Waals surface area contributed by atoms with E-state index in [4.69, 9.17) is 21.1 Å². The largest absolute Gasteiger partial charge is 0.493 e. The summed E-state index contributed by atoms with van der Waals surface area (Å²) in [6, 6.07) is 11.6. The third-order valence-corrected chi connectivity index (χ3v) is 4.67. The Kier molecular flexibility index (Phi) is 9.38. The highest BCUT2D eigenvalue weighted by Gasteiger charge is 2.12. The van der Waals surface area contributed by atoms with Crippen molar-refractivity contribution in [3.05, 3.63) is 57.0 Å². The standard InChI is InChI=1S/C20H26BrClN2O3/c1-14(25)11-23-7-8-24-12-16-9-18(21)20(19(10-16)26-2)27-13-15-3-5-17(22)6-4-15/h3-6,9-10,14,23-25H,7-8,11-13H2,1-2H3. The van der Waals surface area contributed by atoms with Gasteiger partial charge >= 0.3 is 0 Å². The summed E-state index contributed by atoms with van der Waals surface area (Å²) in [6.45, 7) is 5.11. The Morgan fingerprint density at radius 3 is 2.48 bits per heavy atom. The first-order valence-corrected chi connectivity index (χ1v) is 10.00. The number of rotatable bonds is 11. The van der Waals surface area contributed by atoms with Crippen LogP contribution in [0.3, 0.4) is 0 Å². The van der Waals surface area contributed by atoms with E-state index in [1.807, 2.05) is 36.4 Å². The molecule has 0 saturated heterocycles. The van der Waals surface area contributed by atoms with Gasteiger partial charge in [-0.25, -0.2) is 0 Å². The predicted octanol–water partition coefficient (Wildman–Crippen LogP) is 3.75. The minimum absolute atomic E-state index is 0.328. The van der Waals surface area contributed by atoms with E-state index in [9.17, 15) is 5.11 Å². The van der Waals surface area contributed by atoms with Crippen LogP contribution in [-0.4, -0.2) is 38.0 Å². The first-order chi connectivity index (χ1) is 13.0. The van der Waals surface area contributed by atoms with Crippen LogP contribution in [0.2, 0.25) is 5.02 Å². The van der Waals surface area contributed by atoms with Gasteiger partial charge < -0.3 is 25.2 Å². The van der Waals surface area contributed by atoms with Crippen molar-refractivity contribution in [3.63, 3.8) is 0 Å². The molecule has 0 saturated carbocycles. The van der Waals surface area contributed by atoms with E-state index in [-0.39, 0.29) is 6.10 Å². The second-order valence-electron chi connectivity index (χ2n) is 6.25. The summed E-state index contributed by atoms with van der Waals surface area (Å²) in [4.78, 5) is 0. The zero-order chi connectivity index (χ0) is 19.6. The van der Waals surface area contributed by atoms with Crippen LogP contribution in [0.25, 0.3) is 0 Å². The van der Waals surface area contributed by atoms with Crippen LogP contribution < -0.4 is 20.1 Å². The van der Waals surface area contributed by atoms with Crippen LogP contribution in [0.5, 0.6) is 11.5 Å². The third-order valence-electron chi connectivity index (χ3n) is 3.83. The summed E-state index contributed by atoms with van der Waals surface area (Å²) in [5.41, 5.74) is 2.12. The van der Waals surface area contributed by atoms with Crippen LogP contribution in [0.4, 0.5) is 0 Å². The maximum atomic E-state index is 9.21. The van der Waals surface area contributed by atoms with Gasteiger partial charge in [0.15, 0.2) is 11.5 Å².